The predicted octanol–water partition coefficient (Wildman–Crippen LogP) is 2.27. The van der Waals surface area contributed by atoms with Gasteiger partial charge in [-0.3, -0.25) is 0 Å². The number of hydrogen-bond donors (Lipinski definition) is 1. The van der Waals surface area contributed by atoms with Gasteiger partial charge in [-0.2, -0.15) is 0 Å². The highest BCUT2D eigenvalue weighted by atomic mass is 16.2. The smallest absolute Gasteiger partial charge is 0.0791 e. The first-order valence-electron chi connectivity index (χ1n) is 2.75. The minimum atomic E-state index is 0.561. The zero-order valence-corrected chi connectivity index (χ0v) is 5.33. The van der Waals surface area contributed by atoms with Crippen LogP contribution in [0, 0.1) is 5.92 Å². The first kappa shape index (κ1) is 7.28. The molecule has 1 heteroatoms. The first-order chi connectivity index (χ1) is 3.77. The fraction of sp³-hybridized carbons (Fsp3) is 0.429. The van der Waals surface area contributed by atoms with Crippen LogP contribution in [0.25, 0.3) is 0 Å². The maximum atomic E-state index is 8.15. The second-order valence-electron chi connectivity index (χ2n) is 1.97. The Hall–Kier alpha value is -0.720. The van der Waals surface area contributed by atoms with Crippen LogP contribution < -0.4 is 0 Å². The van der Waals surface area contributed by atoms with E-state index in [0.717, 1.165) is 6.26 Å². The summed E-state index contributed by atoms with van der Waals surface area (Å²) in [5, 5.41) is 8.15. The Morgan fingerprint density at radius 1 is 1.25 bits per heavy atom. The summed E-state index contributed by atoms with van der Waals surface area (Å²) in [5.74, 6) is 0.561. The molecule has 0 rings (SSSR count). The second kappa shape index (κ2) is 4.44. The van der Waals surface area contributed by atoms with E-state index in [2.05, 4.69) is 13.8 Å². The van der Waals surface area contributed by atoms with Crippen molar-refractivity contribution in [2.45, 2.75) is 13.8 Å². The first-order valence-corrected chi connectivity index (χ1v) is 2.75. The van der Waals surface area contributed by atoms with Gasteiger partial charge in [0.25, 0.3) is 0 Å². The Balaban J connectivity index is 3.34. The van der Waals surface area contributed by atoms with E-state index in [4.69, 9.17) is 5.11 Å². The van der Waals surface area contributed by atoms with E-state index in [9.17, 15) is 0 Å². The number of hydrogen-bond acceptors (Lipinski definition) is 1. The normalized spacial score (nSPS) is 12.4. The van der Waals surface area contributed by atoms with E-state index in [1.54, 1.807) is 6.08 Å². The zero-order valence-electron chi connectivity index (χ0n) is 5.33. The SMILES string of the molecule is CC(C)C=CC=CO. The molecular weight excluding hydrogens is 100 g/mol. The number of rotatable bonds is 2. The Kier molecular flexibility index (Phi) is 4.04. The van der Waals surface area contributed by atoms with Crippen molar-refractivity contribution in [1.29, 1.82) is 0 Å². The van der Waals surface area contributed by atoms with E-state index in [-0.39, 0.29) is 0 Å². The highest BCUT2D eigenvalue weighted by molar-refractivity contribution is 5.00. The van der Waals surface area contributed by atoms with Gasteiger partial charge in [0.15, 0.2) is 0 Å². The molecule has 0 fully saturated rings. The lowest BCUT2D eigenvalue weighted by molar-refractivity contribution is 0.473. The van der Waals surface area contributed by atoms with Gasteiger partial charge >= 0.3 is 0 Å². The van der Waals surface area contributed by atoms with Crippen molar-refractivity contribution in [3.8, 4) is 0 Å². The molecule has 0 radical (unpaired) electrons. The molecule has 0 unspecified atom stereocenters. The summed E-state index contributed by atoms with van der Waals surface area (Å²) < 4.78 is 0. The molecule has 0 aliphatic heterocycles. The van der Waals surface area contributed by atoms with Crippen molar-refractivity contribution in [3.63, 3.8) is 0 Å². The summed E-state index contributed by atoms with van der Waals surface area (Å²) in [7, 11) is 0. The summed E-state index contributed by atoms with van der Waals surface area (Å²) >= 11 is 0. The predicted molar refractivity (Wildman–Crippen MR) is 35.7 cm³/mol. The minimum absolute atomic E-state index is 0.561. The largest absolute Gasteiger partial charge is 0.516 e. The van der Waals surface area contributed by atoms with Crippen LogP contribution in [0.5, 0.6) is 0 Å². The quantitative estimate of drug-likeness (QED) is 0.429. The van der Waals surface area contributed by atoms with Gasteiger partial charge in [-0.25, -0.2) is 0 Å². The molecule has 0 saturated carbocycles. The van der Waals surface area contributed by atoms with Crippen molar-refractivity contribution in [2.24, 2.45) is 5.92 Å². The molecule has 1 nitrogen and oxygen atoms in total. The van der Waals surface area contributed by atoms with E-state index in [1.165, 1.54) is 0 Å². The third-order valence-corrected chi connectivity index (χ3v) is 0.693. The number of aliphatic hydroxyl groups is 1. The molecular formula is C7H12O. The van der Waals surface area contributed by atoms with Crippen LogP contribution >= 0.6 is 0 Å². The van der Waals surface area contributed by atoms with Crippen LogP contribution in [0.15, 0.2) is 24.5 Å². The molecule has 46 valence electrons. The molecule has 0 aliphatic rings. The van der Waals surface area contributed by atoms with Crippen LogP contribution in [0.2, 0.25) is 0 Å². The molecule has 0 aromatic heterocycles. The second-order valence-corrected chi connectivity index (χ2v) is 1.97. The molecule has 0 heterocycles. The molecule has 0 amide bonds. The van der Waals surface area contributed by atoms with Crippen LogP contribution in [0.1, 0.15) is 13.8 Å². The Morgan fingerprint density at radius 3 is 2.25 bits per heavy atom. The Labute approximate surface area is 50.3 Å². The van der Waals surface area contributed by atoms with Crippen molar-refractivity contribution in [3.05, 3.63) is 24.5 Å². The van der Waals surface area contributed by atoms with Gasteiger partial charge in [-0.15, -0.1) is 0 Å². The maximum absolute atomic E-state index is 8.15. The van der Waals surface area contributed by atoms with Gasteiger partial charge in [-0.05, 0) is 12.0 Å². The number of allylic oxidation sites excluding steroid dienone is 3. The monoisotopic (exact) mass is 112 g/mol. The minimum Gasteiger partial charge on any atom is -0.516 e. The summed E-state index contributed by atoms with van der Waals surface area (Å²) in [5.41, 5.74) is 0. The van der Waals surface area contributed by atoms with E-state index >= 15 is 0 Å². The molecule has 0 aromatic rings. The standard InChI is InChI=1S/C7H12O/c1-7(2)5-3-4-6-8/h3-8H,1-2H3. The van der Waals surface area contributed by atoms with Crippen LogP contribution in [0.4, 0.5) is 0 Å². The van der Waals surface area contributed by atoms with Crippen LogP contribution in [-0.2, 0) is 0 Å². The van der Waals surface area contributed by atoms with Crippen molar-refractivity contribution < 1.29 is 5.11 Å². The molecule has 0 aromatic carbocycles. The lowest BCUT2D eigenvalue weighted by Gasteiger charge is -1.87. The fourth-order valence-electron chi connectivity index (χ4n) is 0.336. The van der Waals surface area contributed by atoms with Crippen LogP contribution in [0.3, 0.4) is 0 Å². The van der Waals surface area contributed by atoms with Crippen molar-refractivity contribution in [1.82, 2.24) is 0 Å². The zero-order chi connectivity index (χ0) is 6.41. The van der Waals surface area contributed by atoms with Crippen molar-refractivity contribution >= 4 is 0 Å². The fourth-order valence-corrected chi connectivity index (χ4v) is 0.336. The number of aliphatic hydroxyl groups excluding tert-OH is 1. The molecule has 8 heavy (non-hydrogen) atoms. The average Bonchev–Trinajstić information content (AvgIpc) is 1.66. The Bertz CT molecular complexity index is 90.6. The highest BCUT2D eigenvalue weighted by Gasteiger charge is 1.78. The lowest BCUT2D eigenvalue weighted by atomic mass is 10.2. The average molecular weight is 112 g/mol. The Morgan fingerprint density at radius 2 is 1.88 bits per heavy atom. The topological polar surface area (TPSA) is 20.2 Å². The summed E-state index contributed by atoms with van der Waals surface area (Å²) in [6.45, 7) is 4.17. The summed E-state index contributed by atoms with van der Waals surface area (Å²) in [6.07, 6.45) is 6.45. The van der Waals surface area contributed by atoms with Crippen LogP contribution in [-0.4, -0.2) is 5.11 Å². The summed E-state index contributed by atoms with van der Waals surface area (Å²) in [6, 6.07) is 0. The summed E-state index contributed by atoms with van der Waals surface area (Å²) in [4.78, 5) is 0. The van der Waals surface area contributed by atoms with Gasteiger partial charge in [0.1, 0.15) is 0 Å². The van der Waals surface area contributed by atoms with Gasteiger partial charge in [0.05, 0.1) is 6.26 Å². The van der Waals surface area contributed by atoms with Gasteiger partial charge in [0.2, 0.25) is 0 Å². The molecule has 0 bridgehead atoms. The van der Waals surface area contributed by atoms with Crippen molar-refractivity contribution in [2.75, 3.05) is 0 Å². The van der Waals surface area contributed by atoms with Gasteiger partial charge in [-0.1, -0.05) is 26.0 Å². The highest BCUT2D eigenvalue weighted by Crippen LogP contribution is 1.92. The van der Waals surface area contributed by atoms with Gasteiger partial charge in [0, 0.05) is 0 Å². The van der Waals surface area contributed by atoms with Gasteiger partial charge < -0.3 is 5.11 Å². The van der Waals surface area contributed by atoms with E-state index < -0.39 is 0 Å². The molecule has 0 saturated heterocycles. The maximum Gasteiger partial charge on any atom is 0.0791 e. The lowest BCUT2D eigenvalue weighted by Crippen LogP contribution is -1.74. The molecule has 0 aliphatic carbocycles. The molecule has 1 N–H and O–H groups in total. The van der Waals surface area contributed by atoms with E-state index in [0.29, 0.717) is 5.92 Å². The third kappa shape index (κ3) is 5.28. The van der Waals surface area contributed by atoms with E-state index in [1.807, 2.05) is 12.2 Å². The molecule has 0 atom stereocenters. The molecule has 0 spiro atoms. The third-order valence-electron chi connectivity index (χ3n) is 0.693.